The summed E-state index contributed by atoms with van der Waals surface area (Å²) < 4.78 is 10.7. The Morgan fingerprint density at radius 2 is 1.90 bits per heavy atom. The van der Waals surface area contributed by atoms with E-state index in [0.717, 1.165) is 23.3 Å². The van der Waals surface area contributed by atoms with E-state index >= 15 is 0 Å². The van der Waals surface area contributed by atoms with Crippen molar-refractivity contribution in [2.24, 2.45) is 5.92 Å². The summed E-state index contributed by atoms with van der Waals surface area (Å²) >= 11 is 0. The van der Waals surface area contributed by atoms with E-state index < -0.39 is 11.5 Å². The summed E-state index contributed by atoms with van der Waals surface area (Å²) in [6.07, 6.45) is 4.28. The van der Waals surface area contributed by atoms with Gasteiger partial charge in [0.1, 0.15) is 11.3 Å². The fourth-order valence-corrected chi connectivity index (χ4v) is 3.62. The van der Waals surface area contributed by atoms with Gasteiger partial charge in [0.2, 0.25) is 0 Å². The van der Waals surface area contributed by atoms with Crippen molar-refractivity contribution in [3.63, 3.8) is 0 Å². The van der Waals surface area contributed by atoms with Crippen molar-refractivity contribution in [1.29, 1.82) is 0 Å². The SMILES string of the molecule is COc1ccc(-c2ccc(C(=O)N[C@H]3COC[C@H]3Cc3ccncc3)c(=O)[nH]2)cc1. The van der Waals surface area contributed by atoms with Gasteiger partial charge in [0.05, 0.1) is 26.4 Å². The van der Waals surface area contributed by atoms with E-state index in [2.05, 4.69) is 15.3 Å². The average Bonchev–Trinajstić information content (AvgIpc) is 3.20. The third kappa shape index (κ3) is 4.41. The Balaban J connectivity index is 1.45. The lowest BCUT2D eigenvalue weighted by Gasteiger charge is -2.19. The Bertz CT molecular complexity index is 1060. The van der Waals surface area contributed by atoms with Crippen molar-refractivity contribution >= 4 is 5.91 Å². The van der Waals surface area contributed by atoms with Crippen LogP contribution in [0.1, 0.15) is 15.9 Å². The summed E-state index contributed by atoms with van der Waals surface area (Å²) in [4.78, 5) is 32.1. The molecule has 7 nitrogen and oxygen atoms in total. The van der Waals surface area contributed by atoms with E-state index in [0.29, 0.717) is 18.9 Å². The van der Waals surface area contributed by atoms with Crippen molar-refractivity contribution in [2.45, 2.75) is 12.5 Å². The molecule has 1 amide bonds. The Labute approximate surface area is 174 Å². The molecular formula is C23H23N3O4. The third-order valence-corrected chi connectivity index (χ3v) is 5.32. The predicted molar refractivity (Wildman–Crippen MR) is 113 cm³/mol. The number of hydrogen-bond acceptors (Lipinski definition) is 5. The number of carbonyl (C=O) groups is 1. The molecule has 0 aliphatic carbocycles. The number of nitrogens with one attached hydrogen (secondary N) is 2. The summed E-state index contributed by atoms with van der Waals surface area (Å²) in [6, 6.07) is 14.4. The molecule has 30 heavy (non-hydrogen) atoms. The van der Waals surface area contributed by atoms with Gasteiger partial charge in [-0.1, -0.05) is 0 Å². The third-order valence-electron chi connectivity index (χ3n) is 5.32. The summed E-state index contributed by atoms with van der Waals surface area (Å²) in [5.74, 6) is 0.485. The zero-order valence-corrected chi connectivity index (χ0v) is 16.6. The number of nitrogens with zero attached hydrogens (tertiary/aromatic N) is 1. The van der Waals surface area contributed by atoms with Gasteiger partial charge < -0.3 is 19.8 Å². The molecule has 0 spiro atoms. The van der Waals surface area contributed by atoms with Gasteiger partial charge in [-0.3, -0.25) is 14.6 Å². The first-order valence-corrected chi connectivity index (χ1v) is 9.79. The van der Waals surface area contributed by atoms with Crippen LogP contribution in [0.15, 0.2) is 65.7 Å². The molecule has 2 aromatic heterocycles. The van der Waals surface area contributed by atoms with Gasteiger partial charge in [0, 0.05) is 24.0 Å². The lowest BCUT2D eigenvalue weighted by atomic mass is 9.95. The largest absolute Gasteiger partial charge is 0.497 e. The Morgan fingerprint density at radius 1 is 1.13 bits per heavy atom. The maximum Gasteiger partial charge on any atom is 0.261 e. The highest BCUT2D eigenvalue weighted by Gasteiger charge is 2.30. The summed E-state index contributed by atoms with van der Waals surface area (Å²) in [7, 11) is 1.60. The highest BCUT2D eigenvalue weighted by molar-refractivity contribution is 5.94. The number of benzene rings is 1. The Morgan fingerprint density at radius 3 is 2.60 bits per heavy atom. The maximum absolute atomic E-state index is 12.7. The van der Waals surface area contributed by atoms with E-state index in [1.54, 1.807) is 31.6 Å². The van der Waals surface area contributed by atoms with Crippen LogP contribution in [0.25, 0.3) is 11.3 Å². The van der Waals surface area contributed by atoms with Crippen LogP contribution in [-0.4, -0.2) is 42.2 Å². The second kappa shape index (κ2) is 8.92. The van der Waals surface area contributed by atoms with Gasteiger partial charge in [-0.05, 0) is 66.1 Å². The summed E-state index contributed by atoms with van der Waals surface area (Å²) in [5.41, 5.74) is 2.27. The molecular weight excluding hydrogens is 382 g/mol. The van der Waals surface area contributed by atoms with Crippen LogP contribution in [0, 0.1) is 5.92 Å². The second-order valence-electron chi connectivity index (χ2n) is 7.28. The zero-order valence-electron chi connectivity index (χ0n) is 16.6. The summed E-state index contributed by atoms with van der Waals surface area (Å²) in [6.45, 7) is 1.00. The van der Waals surface area contributed by atoms with E-state index in [1.807, 2.05) is 36.4 Å². The first kappa shape index (κ1) is 19.8. The number of rotatable bonds is 6. The minimum atomic E-state index is -0.426. The second-order valence-corrected chi connectivity index (χ2v) is 7.28. The average molecular weight is 405 g/mol. The molecule has 3 aromatic rings. The lowest BCUT2D eigenvalue weighted by Crippen LogP contribution is -2.42. The van der Waals surface area contributed by atoms with Crippen LogP contribution < -0.4 is 15.6 Å². The molecule has 0 radical (unpaired) electrons. The molecule has 1 fully saturated rings. The zero-order chi connectivity index (χ0) is 20.9. The van der Waals surface area contributed by atoms with Gasteiger partial charge in [-0.25, -0.2) is 0 Å². The molecule has 4 rings (SSSR count). The van der Waals surface area contributed by atoms with E-state index in [9.17, 15) is 9.59 Å². The molecule has 154 valence electrons. The molecule has 2 N–H and O–H groups in total. The fourth-order valence-electron chi connectivity index (χ4n) is 3.62. The quantitative estimate of drug-likeness (QED) is 0.657. The molecule has 3 heterocycles. The van der Waals surface area contributed by atoms with Crippen LogP contribution in [0.2, 0.25) is 0 Å². The van der Waals surface area contributed by atoms with Crippen LogP contribution in [-0.2, 0) is 11.2 Å². The van der Waals surface area contributed by atoms with Crippen LogP contribution in [0.5, 0.6) is 5.75 Å². The van der Waals surface area contributed by atoms with Crippen molar-refractivity contribution in [3.05, 3.63) is 82.4 Å². The van der Waals surface area contributed by atoms with Crippen molar-refractivity contribution in [3.8, 4) is 17.0 Å². The number of hydrogen-bond donors (Lipinski definition) is 2. The molecule has 1 aromatic carbocycles. The van der Waals surface area contributed by atoms with Crippen LogP contribution in [0.4, 0.5) is 0 Å². The molecule has 7 heteroatoms. The highest BCUT2D eigenvalue weighted by Crippen LogP contribution is 2.21. The van der Waals surface area contributed by atoms with E-state index in [4.69, 9.17) is 9.47 Å². The number of ether oxygens (including phenoxy) is 2. The van der Waals surface area contributed by atoms with Gasteiger partial charge in [-0.15, -0.1) is 0 Å². The number of carbonyl (C=O) groups excluding carboxylic acids is 1. The molecule has 1 saturated heterocycles. The smallest absolute Gasteiger partial charge is 0.261 e. The topological polar surface area (TPSA) is 93.3 Å². The first-order valence-electron chi connectivity index (χ1n) is 9.79. The molecule has 2 atom stereocenters. The lowest BCUT2D eigenvalue weighted by molar-refractivity contribution is 0.0923. The van der Waals surface area contributed by atoms with Crippen molar-refractivity contribution < 1.29 is 14.3 Å². The van der Waals surface area contributed by atoms with Crippen LogP contribution >= 0.6 is 0 Å². The number of amides is 1. The molecule has 0 bridgehead atoms. The number of methoxy groups -OCH3 is 1. The van der Waals surface area contributed by atoms with Gasteiger partial charge in [0.15, 0.2) is 0 Å². The normalized spacial score (nSPS) is 18.2. The van der Waals surface area contributed by atoms with Crippen LogP contribution in [0.3, 0.4) is 0 Å². The van der Waals surface area contributed by atoms with E-state index in [-0.39, 0.29) is 17.5 Å². The first-order chi connectivity index (χ1) is 14.6. The number of aromatic amines is 1. The molecule has 1 aliphatic heterocycles. The summed E-state index contributed by atoms with van der Waals surface area (Å²) in [5, 5.41) is 2.96. The van der Waals surface area contributed by atoms with Gasteiger partial charge >= 0.3 is 0 Å². The van der Waals surface area contributed by atoms with Crippen molar-refractivity contribution in [1.82, 2.24) is 15.3 Å². The Kier molecular flexibility index (Phi) is 5.90. The van der Waals surface area contributed by atoms with Crippen molar-refractivity contribution in [2.75, 3.05) is 20.3 Å². The standard InChI is InChI=1S/C23H23N3O4/c1-29-18-4-2-16(3-5-18)20-7-6-19(22(27)25-20)23(28)26-21-14-30-13-17(21)12-15-8-10-24-11-9-15/h2-11,17,21H,12-14H2,1H3,(H,25,27)(H,26,28)/t17-,21+/m1/s1. The minimum absolute atomic E-state index is 0.0850. The predicted octanol–water partition coefficient (Wildman–Crippen LogP) is 2.43. The van der Waals surface area contributed by atoms with Gasteiger partial charge in [0.25, 0.3) is 11.5 Å². The minimum Gasteiger partial charge on any atom is -0.497 e. The van der Waals surface area contributed by atoms with E-state index in [1.165, 1.54) is 0 Å². The molecule has 0 unspecified atom stereocenters. The fraction of sp³-hybridized carbons (Fsp3) is 0.261. The number of pyridine rings is 2. The number of H-pyrrole nitrogens is 1. The highest BCUT2D eigenvalue weighted by atomic mass is 16.5. The molecule has 0 saturated carbocycles. The maximum atomic E-state index is 12.7. The van der Waals surface area contributed by atoms with Gasteiger partial charge in [-0.2, -0.15) is 0 Å². The molecule has 1 aliphatic rings. The monoisotopic (exact) mass is 405 g/mol. The Hall–Kier alpha value is -3.45. The number of aromatic nitrogens is 2.